The highest BCUT2D eigenvalue weighted by atomic mass is 32.2. The molecule has 1 amide bonds. The largest absolute Gasteiger partial charge is 0.465 e. The maximum Gasteiger partial charge on any atom is 0.409 e. The van der Waals surface area contributed by atoms with Crippen LogP contribution < -0.4 is 15.8 Å². The van der Waals surface area contributed by atoms with E-state index in [9.17, 15) is 13.2 Å². The molecule has 8 heteroatoms. The maximum absolute atomic E-state index is 12.1. The molecule has 0 bridgehead atoms. The molecule has 116 valence electrons. The number of hydrogen-bond acceptors (Lipinski definition) is 4. The van der Waals surface area contributed by atoms with Crippen molar-refractivity contribution in [1.82, 2.24) is 0 Å². The average Bonchev–Trinajstić information content (AvgIpc) is 2.36. The summed E-state index contributed by atoms with van der Waals surface area (Å²) in [7, 11) is -3.63. The summed E-state index contributed by atoms with van der Waals surface area (Å²) in [5, 5.41) is 10.8. The highest BCUT2D eigenvalue weighted by molar-refractivity contribution is 7.91. The fourth-order valence-electron chi connectivity index (χ4n) is 1.90. The van der Waals surface area contributed by atoms with Crippen LogP contribution in [0.3, 0.4) is 0 Å². The van der Waals surface area contributed by atoms with E-state index >= 15 is 0 Å². The molecule has 2 aromatic carbocycles. The SMILES string of the molecule is Nc1cccc(CS(=O)(=O)Nc2cccc(NC(=O)O)c2)c1. The molecule has 0 saturated heterocycles. The molecule has 22 heavy (non-hydrogen) atoms. The highest BCUT2D eigenvalue weighted by Gasteiger charge is 2.12. The molecule has 7 nitrogen and oxygen atoms in total. The minimum Gasteiger partial charge on any atom is -0.465 e. The molecule has 0 aliphatic heterocycles. The standard InChI is InChI=1S/C14H15N3O4S/c15-11-4-1-3-10(7-11)9-22(20,21)17-13-6-2-5-12(8-13)16-14(18)19/h1-8,16-17H,9,15H2,(H,18,19). The van der Waals surface area contributed by atoms with E-state index in [0.717, 1.165) is 0 Å². The van der Waals surface area contributed by atoms with Crippen molar-refractivity contribution in [2.45, 2.75) is 5.75 Å². The van der Waals surface area contributed by atoms with Crippen molar-refractivity contribution in [3.63, 3.8) is 0 Å². The Morgan fingerprint density at radius 2 is 1.77 bits per heavy atom. The Hall–Kier alpha value is -2.74. The van der Waals surface area contributed by atoms with E-state index in [-0.39, 0.29) is 17.1 Å². The summed E-state index contributed by atoms with van der Waals surface area (Å²) in [5.41, 5.74) is 7.21. The summed E-state index contributed by atoms with van der Waals surface area (Å²) in [5.74, 6) is -0.228. The highest BCUT2D eigenvalue weighted by Crippen LogP contribution is 2.18. The lowest BCUT2D eigenvalue weighted by molar-refractivity contribution is 0.210. The molecule has 0 atom stereocenters. The smallest absolute Gasteiger partial charge is 0.409 e. The van der Waals surface area contributed by atoms with E-state index in [0.29, 0.717) is 11.3 Å². The number of benzene rings is 2. The number of rotatable bonds is 5. The van der Waals surface area contributed by atoms with Crippen LogP contribution in [0, 0.1) is 0 Å². The van der Waals surface area contributed by atoms with Gasteiger partial charge in [0.05, 0.1) is 11.4 Å². The van der Waals surface area contributed by atoms with Gasteiger partial charge in [0.2, 0.25) is 10.0 Å². The fraction of sp³-hybridized carbons (Fsp3) is 0.0714. The van der Waals surface area contributed by atoms with Crippen molar-refractivity contribution in [1.29, 1.82) is 0 Å². The third-order valence-corrected chi connectivity index (χ3v) is 3.95. The molecule has 2 rings (SSSR count). The first kappa shape index (κ1) is 15.6. The molecular weight excluding hydrogens is 306 g/mol. The number of anilines is 3. The van der Waals surface area contributed by atoms with Gasteiger partial charge in [-0.2, -0.15) is 0 Å². The van der Waals surface area contributed by atoms with Crippen molar-refractivity contribution in [2.24, 2.45) is 0 Å². The molecule has 0 aliphatic rings. The first-order valence-electron chi connectivity index (χ1n) is 6.29. The molecule has 0 radical (unpaired) electrons. The number of nitrogens with one attached hydrogen (secondary N) is 2. The number of nitrogens with two attached hydrogens (primary N) is 1. The molecule has 0 saturated carbocycles. The Morgan fingerprint density at radius 1 is 1.09 bits per heavy atom. The van der Waals surface area contributed by atoms with E-state index in [1.807, 2.05) is 0 Å². The van der Waals surface area contributed by atoms with Gasteiger partial charge in [0.1, 0.15) is 0 Å². The van der Waals surface area contributed by atoms with Gasteiger partial charge in [-0.3, -0.25) is 10.0 Å². The van der Waals surface area contributed by atoms with Crippen LogP contribution >= 0.6 is 0 Å². The Balaban J connectivity index is 2.13. The van der Waals surface area contributed by atoms with Crippen LogP contribution in [0.2, 0.25) is 0 Å². The minimum absolute atomic E-state index is 0.228. The van der Waals surface area contributed by atoms with Crippen molar-refractivity contribution >= 4 is 33.2 Å². The number of sulfonamides is 1. The molecule has 0 aromatic heterocycles. The third-order valence-electron chi connectivity index (χ3n) is 2.69. The van der Waals surface area contributed by atoms with Crippen LogP contribution in [0.1, 0.15) is 5.56 Å². The summed E-state index contributed by atoms with van der Waals surface area (Å²) in [6.45, 7) is 0. The molecule has 0 unspecified atom stereocenters. The lowest BCUT2D eigenvalue weighted by atomic mass is 10.2. The second-order valence-corrected chi connectivity index (χ2v) is 6.34. The number of carbonyl (C=O) groups is 1. The zero-order valence-corrected chi connectivity index (χ0v) is 12.3. The first-order chi connectivity index (χ1) is 10.3. The van der Waals surface area contributed by atoms with Gasteiger partial charge in [-0.25, -0.2) is 13.2 Å². The molecule has 2 aromatic rings. The number of amides is 1. The third kappa shape index (κ3) is 4.67. The molecule has 5 N–H and O–H groups in total. The van der Waals surface area contributed by atoms with Crippen LogP contribution in [-0.2, 0) is 15.8 Å². The predicted octanol–water partition coefficient (Wildman–Crippen LogP) is 2.30. The number of carboxylic acid groups (broad SMARTS) is 1. The van der Waals surface area contributed by atoms with Crippen LogP contribution in [-0.4, -0.2) is 19.6 Å². The van der Waals surface area contributed by atoms with Gasteiger partial charge < -0.3 is 10.8 Å². The number of nitrogen functional groups attached to an aromatic ring is 1. The van der Waals surface area contributed by atoms with Gasteiger partial charge >= 0.3 is 6.09 Å². The second-order valence-electron chi connectivity index (χ2n) is 4.62. The second kappa shape index (κ2) is 6.35. The summed E-state index contributed by atoms with van der Waals surface area (Å²) in [6.07, 6.45) is -1.22. The molecule has 0 aliphatic carbocycles. The molecule has 0 fully saturated rings. The number of hydrogen-bond donors (Lipinski definition) is 4. The van der Waals surface area contributed by atoms with E-state index < -0.39 is 16.1 Å². The van der Waals surface area contributed by atoms with Gasteiger partial charge in [0.15, 0.2) is 0 Å². The molecule has 0 spiro atoms. The molecule has 0 heterocycles. The van der Waals surface area contributed by atoms with Gasteiger partial charge in [0, 0.05) is 11.4 Å². The van der Waals surface area contributed by atoms with Crippen LogP contribution in [0.25, 0.3) is 0 Å². The Labute approximate surface area is 127 Å². The lowest BCUT2D eigenvalue weighted by Crippen LogP contribution is -2.15. The summed E-state index contributed by atoms with van der Waals surface area (Å²) >= 11 is 0. The van der Waals surface area contributed by atoms with E-state index in [1.165, 1.54) is 18.2 Å². The van der Waals surface area contributed by atoms with Gasteiger partial charge in [-0.15, -0.1) is 0 Å². The lowest BCUT2D eigenvalue weighted by Gasteiger charge is -2.10. The molecular formula is C14H15N3O4S. The first-order valence-corrected chi connectivity index (χ1v) is 7.94. The van der Waals surface area contributed by atoms with E-state index in [1.54, 1.807) is 30.3 Å². The topological polar surface area (TPSA) is 122 Å². The quantitative estimate of drug-likeness (QED) is 0.629. The van der Waals surface area contributed by atoms with Crippen LogP contribution in [0.15, 0.2) is 48.5 Å². The zero-order chi connectivity index (χ0) is 16.2. The van der Waals surface area contributed by atoms with E-state index in [4.69, 9.17) is 10.8 Å². The summed E-state index contributed by atoms with van der Waals surface area (Å²) in [4.78, 5) is 10.6. The summed E-state index contributed by atoms with van der Waals surface area (Å²) in [6, 6.07) is 12.6. The average molecular weight is 321 g/mol. The Kier molecular flexibility index (Phi) is 4.52. The minimum atomic E-state index is -3.63. The fourth-order valence-corrected chi connectivity index (χ4v) is 3.08. The van der Waals surface area contributed by atoms with Crippen molar-refractivity contribution in [2.75, 3.05) is 15.8 Å². The van der Waals surface area contributed by atoms with Crippen LogP contribution in [0.4, 0.5) is 21.9 Å². The summed E-state index contributed by atoms with van der Waals surface area (Å²) < 4.78 is 26.6. The van der Waals surface area contributed by atoms with Gasteiger partial charge in [-0.05, 0) is 35.9 Å². The van der Waals surface area contributed by atoms with Crippen LogP contribution in [0.5, 0.6) is 0 Å². The van der Waals surface area contributed by atoms with Gasteiger partial charge in [-0.1, -0.05) is 18.2 Å². The Bertz CT molecular complexity index is 790. The predicted molar refractivity (Wildman–Crippen MR) is 85.2 cm³/mol. The Morgan fingerprint density at radius 3 is 2.45 bits per heavy atom. The van der Waals surface area contributed by atoms with Gasteiger partial charge in [0.25, 0.3) is 0 Å². The van der Waals surface area contributed by atoms with E-state index in [2.05, 4.69) is 10.0 Å². The maximum atomic E-state index is 12.1. The normalized spacial score (nSPS) is 10.9. The van der Waals surface area contributed by atoms with Crippen molar-refractivity contribution in [3.05, 3.63) is 54.1 Å². The zero-order valence-electron chi connectivity index (χ0n) is 11.5. The monoisotopic (exact) mass is 321 g/mol. The van der Waals surface area contributed by atoms with Crippen molar-refractivity contribution in [3.8, 4) is 0 Å². The van der Waals surface area contributed by atoms with Crippen molar-refractivity contribution < 1.29 is 18.3 Å².